The number of fused-ring (bicyclic) bond motifs is 1. The minimum absolute atomic E-state index is 0.0164. The van der Waals surface area contributed by atoms with Gasteiger partial charge in [-0.1, -0.05) is 12.1 Å². The molecule has 5 nitrogen and oxygen atoms in total. The molecule has 0 fully saturated rings. The van der Waals surface area contributed by atoms with Crippen molar-refractivity contribution in [1.29, 1.82) is 0 Å². The molecule has 0 saturated heterocycles. The van der Waals surface area contributed by atoms with E-state index in [4.69, 9.17) is 0 Å². The molecule has 0 aliphatic carbocycles. The summed E-state index contributed by atoms with van der Waals surface area (Å²) in [5.74, 6) is 1.13. The molecule has 2 aromatic heterocycles. The van der Waals surface area contributed by atoms with Gasteiger partial charge in [-0.15, -0.1) is 11.8 Å². The number of pyridine rings is 1. The van der Waals surface area contributed by atoms with Gasteiger partial charge in [-0.05, 0) is 24.3 Å². The fourth-order valence-electron chi connectivity index (χ4n) is 1.91. The number of hydrogen-bond acceptors (Lipinski definition) is 4. The molecule has 0 atom stereocenters. The molecule has 0 radical (unpaired) electrons. The number of para-hydroxylation sites is 2. The maximum Gasteiger partial charge on any atom is 0.230 e. The molecule has 2 N–H and O–H groups in total. The van der Waals surface area contributed by atoms with Crippen molar-refractivity contribution in [2.45, 2.75) is 11.4 Å². The Bertz CT molecular complexity index is 709. The molecule has 106 valence electrons. The number of H-pyrrole nitrogens is 1. The standard InChI is InChI=1S/C15H14N4OS/c20-15(10-21-11-5-7-16-8-6-11)17-9-14-18-12-3-1-2-4-13(12)19-14/h1-8H,9-10H2,(H,17,20)(H,18,19). The van der Waals surface area contributed by atoms with Crippen LogP contribution >= 0.6 is 11.8 Å². The van der Waals surface area contributed by atoms with Crippen molar-refractivity contribution < 1.29 is 4.79 Å². The molecule has 0 aliphatic heterocycles. The van der Waals surface area contributed by atoms with E-state index in [2.05, 4.69) is 20.3 Å². The molecule has 0 saturated carbocycles. The third-order valence-corrected chi connectivity index (χ3v) is 3.92. The molecule has 6 heteroatoms. The van der Waals surface area contributed by atoms with Crippen LogP contribution in [-0.2, 0) is 11.3 Å². The van der Waals surface area contributed by atoms with Crippen LogP contribution in [0.1, 0.15) is 5.82 Å². The summed E-state index contributed by atoms with van der Waals surface area (Å²) in [4.78, 5) is 24.4. The predicted molar refractivity (Wildman–Crippen MR) is 82.9 cm³/mol. The molecule has 0 aliphatic rings. The van der Waals surface area contributed by atoms with E-state index in [1.165, 1.54) is 11.8 Å². The fraction of sp³-hybridized carbons (Fsp3) is 0.133. The first-order valence-corrected chi connectivity index (χ1v) is 7.53. The Labute approximate surface area is 126 Å². The molecule has 2 heterocycles. The molecule has 0 bridgehead atoms. The molecular formula is C15H14N4OS. The van der Waals surface area contributed by atoms with Crippen LogP contribution in [0, 0.1) is 0 Å². The van der Waals surface area contributed by atoms with E-state index in [1.54, 1.807) is 12.4 Å². The van der Waals surface area contributed by atoms with E-state index >= 15 is 0 Å². The second-order valence-electron chi connectivity index (χ2n) is 4.45. The van der Waals surface area contributed by atoms with Crippen LogP contribution in [0.2, 0.25) is 0 Å². The lowest BCUT2D eigenvalue weighted by molar-refractivity contribution is -0.118. The van der Waals surface area contributed by atoms with Crippen LogP contribution in [0.25, 0.3) is 11.0 Å². The van der Waals surface area contributed by atoms with Crippen molar-refractivity contribution in [3.05, 3.63) is 54.6 Å². The van der Waals surface area contributed by atoms with Crippen LogP contribution in [0.3, 0.4) is 0 Å². The average Bonchev–Trinajstić information content (AvgIpc) is 2.95. The second-order valence-corrected chi connectivity index (χ2v) is 5.50. The number of nitrogens with one attached hydrogen (secondary N) is 2. The first-order valence-electron chi connectivity index (χ1n) is 6.54. The van der Waals surface area contributed by atoms with E-state index in [1.807, 2.05) is 36.4 Å². The number of imidazole rings is 1. The number of rotatable bonds is 5. The first-order chi connectivity index (χ1) is 10.3. The van der Waals surface area contributed by atoms with Crippen LogP contribution in [0.15, 0.2) is 53.7 Å². The number of nitrogens with zero attached hydrogens (tertiary/aromatic N) is 2. The maximum atomic E-state index is 11.8. The summed E-state index contributed by atoms with van der Waals surface area (Å²) in [7, 11) is 0. The van der Waals surface area contributed by atoms with Gasteiger partial charge in [-0.3, -0.25) is 9.78 Å². The van der Waals surface area contributed by atoms with Gasteiger partial charge in [-0.2, -0.15) is 0 Å². The molecule has 1 amide bonds. The zero-order chi connectivity index (χ0) is 14.5. The number of thioether (sulfide) groups is 1. The number of benzene rings is 1. The van der Waals surface area contributed by atoms with E-state index in [0.717, 1.165) is 21.8 Å². The van der Waals surface area contributed by atoms with Gasteiger partial charge in [0.25, 0.3) is 0 Å². The van der Waals surface area contributed by atoms with Crippen molar-refractivity contribution in [3.63, 3.8) is 0 Å². The molecule has 0 unspecified atom stereocenters. The third kappa shape index (κ3) is 3.61. The van der Waals surface area contributed by atoms with Crippen molar-refractivity contribution >= 4 is 28.7 Å². The highest BCUT2D eigenvalue weighted by Gasteiger charge is 2.05. The van der Waals surface area contributed by atoms with E-state index < -0.39 is 0 Å². The Kier molecular flexibility index (Phi) is 4.16. The lowest BCUT2D eigenvalue weighted by Crippen LogP contribution is -2.25. The van der Waals surface area contributed by atoms with E-state index in [-0.39, 0.29) is 5.91 Å². The summed E-state index contributed by atoms with van der Waals surface area (Å²) in [6.07, 6.45) is 3.43. The average molecular weight is 298 g/mol. The third-order valence-electron chi connectivity index (χ3n) is 2.91. The number of aromatic nitrogens is 3. The molecule has 1 aromatic carbocycles. The number of carbonyl (C=O) groups is 1. The Balaban J connectivity index is 1.51. The summed E-state index contributed by atoms with van der Waals surface area (Å²) in [6, 6.07) is 11.6. The molecule has 3 rings (SSSR count). The lowest BCUT2D eigenvalue weighted by Gasteiger charge is -2.03. The first kappa shape index (κ1) is 13.6. The van der Waals surface area contributed by atoms with Crippen molar-refractivity contribution in [1.82, 2.24) is 20.3 Å². The van der Waals surface area contributed by atoms with Gasteiger partial charge in [-0.25, -0.2) is 4.98 Å². The van der Waals surface area contributed by atoms with Gasteiger partial charge in [0.2, 0.25) is 5.91 Å². The zero-order valence-corrected chi connectivity index (χ0v) is 12.1. The summed E-state index contributed by atoms with van der Waals surface area (Å²) in [6.45, 7) is 0.407. The SMILES string of the molecule is O=C(CSc1ccncc1)NCc1nc2ccccc2[nH]1. The topological polar surface area (TPSA) is 70.7 Å². The molecule has 3 aromatic rings. The van der Waals surface area contributed by atoms with Gasteiger partial charge in [0.05, 0.1) is 23.3 Å². The number of carbonyl (C=O) groups excluding carboxylic acids is 1. The van der Waals surface area contributed by atoms with Crippen LogP contribution in [0.4, 0.5) is 0 Å². The normalized spacial score (nSPS) is 10.7. The minimum atomic E-state index is -0.0164. The van der Waals surface area contributed by atoms with Crippen molar-refractivity contribution in [3.8, 4) is 0 Å². The monoisotopic (exact) mass is 298 g/mol. The zero-order valence-electron chi connectivity index (χ0n) is 11.2. The summed E-state index contributed by atoms with van der Waals surface area (Å²) in [5, 5.41) is 2.86. The van der Waals surface area contributed by atoms with Gasteiger partial charge in [0.1, 0.15) is 5.82 Å². The van der Waals surface area contributed by atoms with Gasteiger partial charge in [0.15, 0.2) is 0 Å². The lowest BCUT2D eigenvalue weighted by atomic mass is 10.3. The second kappa shape index (κ2) is 6.41. The molecule has 0 spiro atoms. The van der Waals surface area contributed by atoms with Crippen LogP contribution < -0.4 is 5.32 Å². The maximum absolute atomic E-state index is 11.8. The highest BCUT2D eigenvalue weighted by molar-refractivity contribution is 8.00. The van der Waals surface area contributed by atoms with Crippen molar-refractivity contribution in [2.75, 3.05) is 5.75 Å². The Morgan fingerprint density at radius 1 is 1.19 bits per heavy atom. The van der Waals surface area contributed by atoms with E-state index in [9.17, 15) is 4.79 Å². The smallest absolute Gasteiger partial charge is 0.230 e. The van der Waals surface area contributed by atoms with Crippen LogP contribution in [-0.4, -0.2) is 26.6 Å². The summed E-state index contributed by atoms with van der Waals surface area (Å²) >= 11 is 1.49. The summed E-state index contributed by atoms with van der Waals surface area (Å²) in [5.41, 5.74) is 1.89. The molecular weight excluding hydrogens is 284 g/mol. The van der Waals surface area contributed by atoms with Gasteiger partial charge < -0.3 is 10.3 Å². The summed E-state index contributed by atoms with van der Waals surface area (Å²) < 4.78 is 0. The number of amides is 1. The predicted octanol–water partition coefficient (Wildman–Crippen LogP) is 2.37. The van der Waals surface area contributed by atoms with Gasteiger partial charge >= 0.3 is 0 Å². The Morgan fingerprint density at radius 3 is 2.81 bits per heavy atom. The number of hydrogen-bond donors (Lipinski definition) is 2. The quantitative estimate of drug-likeness (QED) is 0.709. The van der Waals surface area contributed by atoms with Crippen LogP contribution in [0.5, 0.6) is 0 Å². The molecule has 21 heavy (non-hydrogen) atoms. The fourth-order valence-corrected chi connectivity index (χ4v) is 2.62. The largest absolute Gasteiger partial charge is 0.348 e. The highest BCUT2D eigenvalue weighted by atomic mass is 32.2. The van der Waals surface area contributed by atoms with E-state index in [0.29, 0.717) is 12.3 Å². The Hall–Kier alpha value is -2.34. The highest BCUT2D eigenvalue weighted by Crippen LogP contribution is 2.15. The minimum Gasteiger partial charge on any atom is -0.348 e. The number of aromatic amines is 1. The Morgan fingerprint density at radius 2 is 2.00 bits per heavy atom. The van der Waals surface area contributed by atoms with Gasteiger partial charge in [0, 0.05) is 17.3 Å². The van der Waals surface area contributed by atoms with Crippen molar-refractivity contribution in [2.24, 2.45) is 0 Å².